The molecule has 0 amide bonds. The minimum atomic E-state index is -0.923. The maximum Gasteiger partial charge on any atom is 0.307 e. The van der Waals surface area contributed by atoms with E-state index in [1.165, 1.54) is 12.1 Å². The Bertz CT molecular complexity index is 1060. The predicted molar refractivity (Wildman–Crippen MR) is 121 cm³/mol. The number of benzene rings is 2. The Morgan fingerprint density at radius 3 is 2.69 bits per heavy atom. The number of hydrogen-bond donors (Lipinski definition) is 2. The smallest absolute Gasteiger partial charge is 0.307 e. The van der Waals surface area contributed by atoms with Gasteiger partial charge in [0.15, 0.2) is 0 Å². The summed E-state index contributed by atoms with van der Waals surface area (Å²) in [7, 11) is 0. The van der Waals surface area contributed by atoms with Crippen LogP contribution in [-0.4, -0.2) is 38.7 Å². The van der Waals surface area contributed by atoms with Crippen molar-refractivity contribution < 1.29 is 24.1 Å². The van der Waals surface area contributed by atoms with Crippen molar-refractivity contribution in [2.75, 3.05) is 6.61 Å². The first-order valence-electron chi connectivity index (χ1n) is 10.9. The first-order valence-corrected chi connectivity index (χ1v) is 10.9. The second kappa shape index (κ2) is 10.9. The summed E-state index contributed by atoms with van der Waals surface area (Å²) >= 11 is 0. The molecule has 0 saturated heterocycles. The van der Waals surface area contributed by atoms with E-state index in [1.807, 2.05) is 13.0 Å². The van der Waals surface area contributed by atoms with Gasteiger partial charge in [0.25, 0.3) is 0 Å². The van der Waals surface area contributed by atoms with Gasteiger partial charge in [0.1, 0.15) is 11.6 Å². The lowest BCUT2D eigenvalue weighted by atomic mass is 10.0. The molecular formula is C25H29FN2O4. The molecule has 0 aliphatic heterocycles. The fourth-order valence-electron chi connectivity index (χ4n) is 3.41. The standard InChI is InChI=1S/C25H29FN2O4/c1-3-5-11-32-24-10-9-17(13-25(30)31)12-21(24)22-15-23(18-7-6-8-19(26)14-18)28(27-22)16-20(29)4-2/h6-10,12,14-15,20,29H,3-5,11,13,16H2,1-2H3,(H,30,31)/t20-/m0/s1. The van der Waals surface area contributed by atoms with Crippen LogP contribution in [0.15, 0.2) is 48.5 Å². The minimum Gasteiger partial charge on any atom is -0.493 e. The zero-order valence-electron chi connectivity index (χ0n) is 18.4. The normalized spacial score (nSPS) is 12.0. The van der Waals surface area contributed by atoms with Crippen LogP contribution in [0.4, 0.5) is 4.39 Å². The number of halogens is 1. The zero-order valence-corrected chi connectivity index (χ0v) is 18.4. The Morgan fingerprint density at radius 2 is 2.00 bits per heavy atom. The topological polar surface area (TPSA) is 84.6 Å². The number of hydrogen-bond acceptors (Lipinski definition) is 4. The van der Waals surface area contributed by atoms with Gasteiger partial charge in [-0.2, -0.15) is 5.10 Å². The molecule has 0 bridgehead atoms. The lowest BCUT2D eigenvalue weighted by Gasteiger charge is -2.12. The summed E-state index contributed by atoms with van der Waals surface area (Å²) in [5, 5.41) is 24.1. The monoisotopic (exact) mass is 440 g/mol. The number of rotatable bonds is 11. The molecule has 0 saturated carbocycles. The van der Waals surface area contributed by atoms with E-state index in [0.717, 1.165) is 12.8 Å². The van der Waals surface area contributed by atoms with E-state index in [9.17, 15) is 19.4 Å². The van der Waals surface area contributed by atoms with Crippen LogP contribution in [0.1, 0.15) is 38.7 Å². The molecule has 6 nitrogen and oxygen atoms in total. The van der Waals surface area contributed by atoms with Crippen LogP contribution in [0.25, 0.3) is 22.5 Å². The Morgan fingerprint density at radius 1 is 1.19 bits per heavy atom. The summed E-state index contributed by atoms with van der Waals surface area (Å²) in [6, 6.07) is 13.3. The first-order chi connectivity index (χ1) is 15.4. The number of nitrogens with zero attached hydrogens (tertiary/aromatic N) is 2. The quantitative estimate of drug-likeness (QED) is 0.413. The van der Waals surface area contributed by atoms with Crippen LogP contribution in [0.2, 0.25) is 0 Å². The number of aliphatic carboxylic acids is 1. The molecule has 0 radical (unpaired) electrons. The number of aliphatic hydroxyl groups excluding tert-OH is 1. The highest BCUT2D eigenvalue weighted by molar-refractivity contribution is 5.76. The van der Waals surface area contributed by atoms with E-state index in [2.05, 4.69) is 6.92 Å². The van der Waals surface area contributed by atoms with Gasteiger partial charge in [-0.05, 0) is 48.7 Å². The SMILES string of the molecule is CCCCOc1ccc(CC(=O)O)cc1-c1cc(-c2cccc(F)c2)n(C[C@@H](O)CC)n1. The maximum absolute atomic E-state index is 13.9. The van der Waals surface area contributed by atoms with Gasteiger partial charge in [-0.3, -0.25) is 9.48 Å². The second-order valence-corrected chi connectivity index (χ2v) is 7.77. The zero-order chi connectivity index (χ0) is 23.1. The number of aromatic nitrogens is 2. The minimum absolute atomic E-state index is 0.117. The maximum atomic E-state index is 13.9. The number of unbranched alkanes of at least 4 members (excludes halogenated alkanes) is 1. The van der Waals surface area contributed by atoms with Crippen LogP contribution in [0.3, 0.4) is 0 Å². The summed E-state index contributed by atoms with van der Waals surface area (Å²) in [6.45, 7) is 4.75. The Labute approximate surface area is 187 Å². The van der Waals surface area contributed by atoms with E-state index < -0.39 is 12.1 Å². The summed E-state index contributed by atoms with van der Waals surface area (Å²) in [5.74, 6) is -0.674. The third kappa shape index (κ3) is 5.95. The average molecular weight is 441 g/mol. The highest BCUT2D eigenvalue weighted by Gasteiger charge is 2.18. The number of carboxylic acids is 1. The molecule has 3 aromatic rings. The Hall–Kier alpha value is -3.19. The molecule has 32 heavy (non-hydrogen) atoms. The molecule has 170 valence electrons. The molecule has 2 aromatic carbocycles. The van der Waals surface area contributed by atoms with Gasteiger partial charge in [0, 0.05) is 11.1 Å². The predicted octanol–water partition coefficient (Wildman–Crippen LogP) is 4.93. The van der Waals surface area contributed by atoms with Crippen LogP contribution < -0.4 is 4.74 Å². The third-order valence-electron chi connectivity index (χ3n) is 5.19. The fraction of sp³-hybridized carbons (Fsp3) is 0.360. The van der Waals surface area contributed by atoms with Gasteiger partial charge in [0.05, 0.1) is 37.1 Å². The summed E-state index contributed by atoms with van der Waals surface area (Å²) in [6.07, 6.45) is 1.71. The van der Waals surface area contributed by atoms with Crippen molar-refractivity contribution in [1.29, 1.82) is 0 Å². The largest absolute Gasteiger partial charge is 0.493 e. The molecule has 3 rings (SSSR count). The molecule has 1 heterocycles. The number of carboxylic acid groups (broad SMARTS) is 1. The summed E-state index contributed by atoms with van der Waals surface area (Å²) < 4.78 is 21.5. The first kappa shape index (κ1) is 23.5. The average Bonchev–Trinajstić information content (AvgIpc) is 3.17. The Kier molecular flexibility index (Phi) is 8.00. The van der Waals surface area contributed by atoms with E-state index in [0.29, 0.717) is 46.9 Å². The number of carbonyl (C=O) groups is 1. The van der Waals surface area contributed by atoms with Gasteiger partial charge in [0.2, 0.25) is 0 Å². The van der Waals surface area contributed by atoms with E-state index >= 15 is 0 Å². The molecule has 1 atom stereocenters. The van der Waals surface area contributed by atoms with E-state index in [1.54, 1.807) is 35.0 Å². The molecule has 0 spiro atoms. The number of aliphatic hydroxyl groups is 1. The number of ether oxygens (including phenoxy) is 1. The van der Waals surface area contributed by atoms with Crippen molar-refractivity contribution in [3.05, 3.63) is 59.9 Å². The van der Waals surface area contributed by atoms with Gasteiger partial charge in [-0.15, -0.1) is 0 Å². The van der Waals surface area contributed by atoms with Gasteiger partial charge < -0.3 is 14.9 Å². The van der Waals surface area contributed by atoms with Crippen LogP contribution in [0, 0.1) is 5.82 Å². The fourth-order valence-corrected chi connectivity index (χ4v) is 3.41. The van der Waals surface area contributed by atoms with Gasteiger partial charge in [-0.25, -0.2) is 4.39 Å². The molecular weight excluding hydrogens is 411 g/mol. The van der Waals surface area contributed by atoms with Crippen LogP contribution in [-0.2, 0) is 17.8 Å². The highest BCUT2D eigenvalue weighted by atomic mass is 19.1. The highest BCUT2D eigenvalue weighted by Crippen LogP contribution is 2.34. The lowest BCUT2D eigenvalue weighted by molar-refractivity contribution is -0.136. The van der Waals surface area contributed by atoms with Crippen molar-refractivity contribution in [2.45, 2.75) is 52.2 Å². The Balaban J connectivity index is 2.10. The van der Waals surface area contributed by atoms with Crippen molar-refractivity contribution in [3.63, 3.8) is 0 Å². The molecule has 0 aliphatic rings. The molecule has 0 fully saturated rings. The second-order valence-electron chi connectivity index (χ2n) is 7.77. The van der Waals surface area contributed by atoms with Crippen molar-refractivity contribution in [2.24, 2.45) is 0 Å². The molecule has 2 N–H and O–H groups in total. The molecule has 7 heteroatoms. The van der Waals surface area contributed by atoms with Gasteiger partial charge in [-0.1, -0.05) is 38.5 Å². The van der Waals surface area contributed by atoms with E-state index in [-0.39, 0.29) is 18.8 Å². The van der Waals surface area contributed by atoms with Crippen molar-refractivity contribution >= 4 is 5.97 Å². The summed E-state index contributed by atoms with van der Waals surface area (Å²) in [5.41, 5.74) is 3.18. The molecule has 0 unspecified atom stereocenters. The lowest BCUT2D eigenvalue weighted by Crippen LogP contribution is -2.16. The third-order valence-corrected chi connectivity index (χ3v) is 5.19. The van der Waals surface area contributed by atoms with E-state index in [4.69, 9.17) is 9.84 Å². The molecule has 0 aliphatic carbocycles. The van der Waals surface area contributed by atoms with Crippen LogP contribution in [0.5, 0.6) is 5.75 Å². The molecule has 1 aromatic heterocycles. The summed E-state index contributed by atoms with van der Waals surface area (Å²) in [4.78, 5) is 11.2. The van der Waals surface area contributed by atoms with Gasteiger partial charge >= 0.3 is 5.97 Å². The van der Waals surface area contributed by atoms with Crippen LogP contribution >= 0.6 is 0 Å². The van der Waals surface area contributed by atoms with Crippen molar-refractivity contribution in [3.8, 4) is 28.3 Å². The van der Waals surface area contributed by atoms with Crippen molar-refractivity contribution in [1.82, 2.24) is 9.78 Å².